The highest BCUT2D eigenvalue weighted by Crippen LogP contribution is 2.43. The average Bonchev–Trinajstić information content (AvgIpc) is 1.58. The minimum Gasteiger partial charge on any atom is -0.294 e. The van der Waals surface area contributed by atoms with Crippen LogP contribution in [0.5, 0.6) is 0 Å². The monoisotopic (exact) mass is 1270 g/mol. The van der Waals surface area contributed by atoms with E-state index in [0.717, 1.165) is 134 Å². The third-order valence-corrected chi connectivity index (χ3v) is 20.4. The summed E-state index contributed by atoms with van der Waals surface area (Å²) in [5, 5.41) is 9.54. The molecule has 0 fully saturated rings. The fraction of sp³-hybridized carbons (Fsp3) is 0. The molecule has 0 N–H and O–H groups in total. The van der Waals surface area contributed by atoms with E-state index < -0.39 is 0 Å². The van der Waals surface area contributed by atoms with Crippen LogP contribution in [0.1, 0.15) is 0 Å². The lowest BCUT2D eigenvalue weighted by Crippen LogP contribution is -2.04. The SMILES string of the molecule is c1ccc(-c2cc(-c3ccccc3)cc(-c3cc(-c4ccc(-c5cc(-n6c7ccccc7c7ccccc76)nc(-n6c7ccccc7c7ccccc76)c5)cc4)cc(-c4ccc(-c5cc(-n6c7ccccc7c7ccccc76)nc(-n6c7ccccc7c7ccccc76)c5)cc4)c3)c2)cc1. The van der Waals surface area contributed by atoms with E-state index in [-0.39, 0.29) is 0 Å². The second kappa shape index (κ2) is 23.2. The fourth-order valence-corrected chi connectivity index (χ4v) is 15.7. The van der Waals surface area contributed by atoms with Gasteiger partial charge in [-0.05, 0) is 187 Å². The van der Waals surface area contributed by atoms with Crippen LogP contribution in [0.25, 0.3) is 188 Å². The molecule has 6 nitrogen and oxygen atoms in total. The third kappa shape index (κ3) is 9.41. The first-order valence-corrected chi connectivity index (χ1v) is 34.2. The maximum Gasteiger partial charge on any atom is 0.140 e. The maximum atomic E-state index is 5.65. The van der Waals surface area contributed by atoms with Crippen LogP contribution in [0.15, 0.2) is 364 Å². The molecule has 0 radical (unpaired) electrons. The van der Waals surface area contributed by atoms with Gasteiger partial charge in [0.25, 0.3) is 0 Å². The Hall–Kier alpha value is -13.4. The number of fused-ring (bicyclic) bond motifs is 12. The molecule has 0 unspecified atom stereocenters. The first-order chi connectivity index (χ1) is 49.6. The largest absolute Gasteiger partial charge is 0.294 e. The van der Waals surface area contributed by atoms with Crippen LogP contribution < -0.4 is 0 Å². The topological polar surface area (TPSA) is 45.5 Å². The molecular formula is C94H60N6. The zero-order chi connectivity index (χ0) is 65.8. The van der Waals surface area contributed by atoms with Crippen LogP contribution in [-0.2, 0) is 0 Å². The van der Waals surface area contributed by atoms with E-state index in [1.807, 2.05) is 0 Å². The molecule has 20 aromatic rings. The van der Waals surface area contributed by atoms with E-state index in [2.05, 4.69) is 382 Å². The zero-order valence-electron chi connectivity index (χ0n) is 54.3. The summed E-state index contributed by atoms with van der Waals surface area (Å²) in [5.74, 6) is 3.40. The molecule has 0 saturated carbocycles. The van der Waals surface area contributed by atoms with Gasteiger partial charge < -0.3 is 0 Å². The number of para-hydroxylation sites is 8. The molecule has 100 heavy (non-hydrogen) atoms. The smallest absolute Gasteiger partial charge is 0.140 e. The van der Waals surface area contributed by atoms with Crippen LogP contribution >= 0.6 is 0 Å². The van der Waals surface area contributed by atoms with Crippen molar-refractivity contribution in [2.75, 3.05) is 0 Å². The number of pyridine rings is 2. The van der Waals surface area contributed by atoms with Gasteiger partial charge in [0, 0.05) is 43.1 Å². The summed E-state index contributed by atoms with van der Waals surface area (Å²) < 4.78 is 9.34. The molecular weight excluding hydrogens is 1210 g/mol. The molecule has 0 aliphatic heterocycles. The Labute approximate surface area is 577 Å². The molecule has 0 amide bonds. The summed E-state index contributed by atoms with van der Waals surface area (Å²) in [6.07, 6.45) is 0. The van der Waals surface area contributed by atoms with Gasteiger partial charge >= 0.3 is 0 Å². The lowest BCUT2D eigenvalue weighted by atomic mass is 9.89. The molecule has 0 atom stereocenters. The molecule has 0 aliphatic rings. The average molecular weight is 1270 g/mol. The Balaban J connectivity index is 0.753. The molecule has 0 saturated heterocycles. The van der Waals surface area contributed by atoms with Crippen molar-refractivity contribution in [2.45, 2.75) is 0 Å². The van der Waals surface area contributed by atoms with Crippen molar-refractivity contribution in [3.63, 3.8) is 0 Å². The summed E-state index contributed by atoms with van der Waals surface area (Å²) in [7, 11) is 0. The molecule has 466 valence electrons. The Kier molecular flexibility index (Phi) is 13.2. The van der Waals surface area contributed by atoms with Crippen LogP contribution in [-0.4, -0.2) is 28.2 Å². The lowest BCUT2D eigenvalue weighted by Gasteiger charge is -2.16. The molecule has 0 aliphatic carbocycles. The van der Waals surface area contributed by atoms with Gasteiger partial charge in [-0.3, -0.25) is 18.3 Å². The van der Waals surface area contributed by atoms with E-state index >= 15 is 0 Å². The van der Waals surface area contributed by atoms with Crippen LogP contribution in [0.3, 0.4) is 0 Å². The van der Waals surface area contributed by atoms with Crippen molar-refractivity contribution in [3.05, 3.63) is 364 Å². The van der Waals surface area contributed by atoms with Gasteiger partial charge in [0.1, 0.15) is 23.3 Å². The Morgan fingerprint density at radius 3 is 0.480 bits per heavy atom. The fourth-order valence-electron chi connectivity index (χ4n) is 15.7. The number of rotatable bonds is 11. The zero-order valence-corrected chi connectivity index (χ0v) is 54.3. The summed E-state index contributed by atoms with van der Waals surface area (Å²) in [6, 6.07) is 133. The van der Waals surface area contributed by atoms with E-state index in [0.29, 0.717) is 0 Å². The normalized spacial score (nSPS) is 11.8. The lowest BCUT2D eigenvalue weighted by molar-refractivity contribution is 1.01. The minimum atomic E-state index is 0.850. The van der Waals surface area contributed by atoms with E-state index in [1.54, 1.807) is 0 Å². The van der Waals surface area contributed by atoms with Gasteiger partial charge in [0.05, 0.1) is 44.1 Å². The van der Waals surface area contributed by atoms with Crippen molar-refractivity contribution < 1.29 is 0 Å². The summed E-state index contributed by atoms with van der Waals surface area (Å²) in [4.78, 5) is 11.3. The minimum absolute atomic E-state index is 0.850. The van der Waals surface area contributed by atoms with Gasteiger partial charge in [0.2, 0.25) is 0 Å². The van der Waals surface area contributed by atoms with Gasteiger partial charge in [-0.15, -0.1) is 0 Å². The van der Waals surface area contributed by atoms with Gasteiger partial charge in [-0.25, -0.2) is 9.97 Å². The number of nitrogens with zero attached hydrogens (tertiary/aromatic N) is 6. The second-order valence-electron chi connectivity index (χ2n) is 26.1. The van der Waals surface area contributed by atoms with E-state index in [4.69, 9.17) is 9.97 Å². The van der Waals surface area contributed by atoms with Crippen LogP contribution in [0.2, 0.25) is 0 Å². The standard InChI is InChI=1S/C94H60N6/c1-3-23-61(24-4-1)67-51-68(62-25-5-2-6-26-62)54-71(53-67)72-55-69(63-43-47-65(48-44-63)73-57-91(97-83-35-15-7-27-75(83)76-28-8-16-36-84(76)97)95-92(58-73)98-85-37-17-9-29-77(85)78-30-10-18-38-86(78)98)52-70(56-72)64-45-49-66(50-46-64)74-59-93(99-87-39-19-11-31-79(87)80-32-12-20-40-88(80)99)96-94(60-74)100-89-41-21-13-33-81(89)82-34-14-22-42-90(82)100/h1-60H. The van der Waals surface area contributed by atoms with Gasteiger partial charge in [0.15, 0.2) is 0 Å². The predicted molar refractivity (Wildman–Crippen MR) is 417 cm³/mol. The van der Waals surface area contributed by atoms with E-state index in [1.165, 1.54) is 54.2 Å². The predicted octanol–water partition coefficient (Wildman–Crippen LogP) is 24.5. The van der Waals surface area contributed by atoms with Gasteiger partial charge in [-0.1, -0.05) is 255 Å². The summed E-state index contributed by atoms with van der Waals surface area (Å²) >= 11 is 0. The number of hydrogen-bond acceptors (Lipinski definition) is 2. The molecule has 14 aromatic carbocycles. The van der Waals surface area contributed by atoms with Crippen molar-refractivity contribution in [2.24, 2.45) is 0 Å². The Bertz CT molecular complexity index is 5760. The van der Waals surface area contributed by atoms with Crippen molar-refractivity contribution in [1.82, 2.24) is 28.2 Å². The second-order valence-corrected chi connectivity index (χ2v) is 26.1. The Morgan fingerprint density at radius 2 is 0.280 bits per heavy atom. The van der Waals surface area contributed by atoms with Crippen molar-refractivity contribution in [3.8, 4) is 101 Å². The summed E-state index contributed by atoms with van der Waals surface area (Å²) in [5.41, 5.74) is 24.5. The van der Waals surface area contributed by atoms with Crippen LogP contribution in [0, 0.1) is 0 Å². The highest BCUT2D eigenvalue weighted by Gasteiger charge is 2.22. The third-order valence-electron chi connectivity index (χ3n) is 20.4. The van der Waals surface area contributed by atoms with Crippen molar-refractivity contribution >= 4 is 87.2 Å². The number of benzene rings is 14. The van der Waals surface area contributed by atoms with Crippen molar-refractivity contribution in [1.29, 1.82) is 0 Å². The molecule has 0 bridgehead atoms. The highest BCUT2D eigenvalue weighted by atomic mass is 15.1. The molecule has 6 heterocycles. The highest BCUT2D eigenvalue weighted by molar-refractivity contribution is 6.12. The first kappa shape index (κ1) is 56.9. The quantitative estimate of drug-likeness (QED) is 0.130. The molecule has 20 rings (SSSR count). The van der Waals surface area contributed by atoms with Gasteiger partial charge in [-0.2, -0.15) is 0 Å². The summed E-state index contributed by atoms with van der Waals surface area (Å²) in [6.45, 7) is 0. The number of hydrogen-bond donors (Lipinski definition) is 0. The van der Waals surface area contributed by atoms with E-state index in [9.17, 15) is 0 Å². The Morgan fingerprint density at radius 1 is 0.130 bits per heavy atom. The van der Waals surface area contributed by atoms with Crippen LogP contribution in [0.4, 0.5) is 0 Å². The molecule has 6 aromatic heterocycles. The maximum absolute atomic E-state index is 5.65. The number of aromatic nitrogens is 6. The molecule has 6 heteroatoms. The first-order valence-electron chi connectivity index (χ1n) is 34.2. The molecule has 0 spiro atoms.